The molecule has 0 saturated heterocycles. The van der Waals surface area contributed by atoms with E-state index in [9.17, 15) is 9.18 Å². The lowest BCUT2D eigenvalue weighted by Gasteiger charge is -2.12. The van der Waals surface area contributed by atoms with Crippen LogP contribution in [0.3, 0.4) is 0 Å². The number of benzene rings is 3. The van der Waals surface area contributed by atoms with Crippen molar-refractivity contribution in [3.05, 3.63) is 89.9 Å². The number of carbonyl (C=O) groups excluding carboxylic acids is 1. The molecule has 0 unspecified atom stereocenters. The van der Waals surface area contributed by atoms with Crippen LogP contribution in [0.5, 0.6) is 5.75 Å². The third-order valence-electron chi connectivity index (χ3n) is 5.27. The summed E-state index contributed by atoms with van der Waals surface area (Å²) in [5.41, 5.74) is 5.18. The monoisotopic (exact) mass is 429 g/mol. The number of ether oxygens (including phenoxy) is 1. The van der Waals surface area contributed by atoms with Crippen molar-refractivity contribution in [2.45, 2.75) is 20.8 Å². The van der Waals surface area contributed by atoms with Gasteiger partial charge in [-0.2, -0.15) is 0 Å². The van der Waals surface area contributed by atoms with E-state index in [0.717, 1.165) is 27.6 Å². The Bertz CT molecular complexity index is 1310. The molecule has 32 heavy (non-hydrogen) atoms. The first-order valence-electron chi connectivity index (χ1n) is 10.5. The van der Waals surface area contributed by atoms with Crippen LogP contribution in [0.25, 0.3) is 27.7 Å². The number of furan rings is 1. The Kier molecular flexibility index (Phi) is 6.08. The quantitative estimate of drug-likeness (QED) is 0.336. The molecule has 1 N–H and O–H groups in total. The maximum Gasteiger partial charge on any atom is 0.248 e. The van der Waals surface area contributed by atoms with Gasteiger partial charge in [-0.15, -0.1) is 0 Å². The van der Waals surface area contributed by atoms with Crippen molar-refractivity contribution < 1.29 is 18.3 Å². The van der Waals surface area contributed by atoms with E-state index in [2.05, 4.69) is 5.32 Å². The summed E-state index contributed by atoms with van der Waals surface area (Å²) in [5.74, 6) is -0.0679. The van der Waals surface area contributed by atoms with Gasteiger partial charge in [-0.05, 0) is 55.7 Å². The van der Waals surface area contributed by atoms with Gasteiger partial charge in [-0.3, -0.25) is 4.79 Å². The van der Waals surface area contributed by atoms with Crippen molar-refractivity contribution in [3.8, 4) is 16.9 Å². The summed E-state index contributed by atoms with van der Waals surface area (Å²) in [5, 5.41) is 3.65. The fraction of sp³-hybridized carbons (Fsp3) is 0.148. The zero-order valence-corrected chi connectivity index (χ0v) is 18.2. The molecule has 4 aromatic rings. The van der Waals surface area contributed by atoms with Gasteiger partial charge in [0.1, 0.15) is 17.1 Å². The first-order chi connectivity index (χ1) is 15.5. The SMILES string of the molecule is CCOc1cc2occ(-c3ccccc3)c2cc1/C(C)=C/C(=O)Nc1ccc(C)c(F)c1. The summed E-state index contributed by atoms with van der Waals surface area (Å²) in [4.78, 5) is 12.6. The minimum Gasteiger partial charge on any atom is -0.493 e. The van der Waals surface area contributed by atoms with E-state index in [1.165, 1.54) is 12.1 Å². The lowest BCUT2D eigenvalue weighted by Crippen LogP contribution is -2.09. The average Bonchev–Trinajstić information content (AvgIpc) is 3.19. The van der Waals surface area contributed by atoms with E-state index in [-0.39, 0.29) is 11.7 Å². The predicted octanol–water partition coefficient (Wildman–Crippen LogP) is 6.99. The highest BCUT2D eigenvalue weighted by Crippen LogP contribution is 2.37. The summed E-state index contributed by atoms with van der Waals surface area (Å²) < 4.78 is 25.4. The summed E-state index contributed by atoms with van der Waals surface area (Å²) in [7, 11) is 0. The van der Waals surface area contributed by atoms with E-state index >= 15 is 0 Å². The zero-order valence-electron chi connectivity index (χ0n) is 18.2. The summed E-state index contributed by atoms with van der Waals surface area (Å²) in [6, 6.07) is 18.4. The standard InChI is InChI=1S/C27H24FNO3/c1-4-31-25-15-26-22(23(16-32-26)19-8-6-5-7-9-19)14-21(25)18(3)12-27(30)29-20-11-10-17(2)24(28)13-20/h5-16H,4H2,1-3H3,(H,29,30)/b18-12+. The first-order valence-corrected chi connectivity index (χ1v) is 10.5. The maximum absolute atomic E-state index is 13.8. The zero-order chi connectivity index (χ0) is 22.7. The Balaban J connectivity index is 1.71. The fourth-order valence-electron chi connectivity index (χ4n) is 3.60. The Morgan fingerprint density at radius 2 is 1.91 bits per heavy atom. The van der Waals surface area contributed by atoms with Crippen LogP contribution in [-0.2, 0) is 4.79 Å². The number of carbonyl (C=O) groups is 1. The number of fused-ring (bicyclic) bond motifs is 1. The van der Waals surface area contributed by atoms with E-state index in [0.29, 0.717) is 29.2 Å². The molecule has 3 aromatic carbocycles. The van der Waals surface area contributed by atoms with Gasteiger partial charge in [0, 0.05) is 34.3 Å². The van der Waals surface area contributed by atoms with Crippen LogP contribution in [0.15, 0.2) is 77.4 Å². The number of aryl methyl sites for hydroxylation is 1. The van der Waals surface area contributed by atoms with Crippen LogP contribution in [0, 0.1) is 12.7 Å². The molecule has 0 radical (unpaired) electrons. The molecule has 1 heterocycles. The van der Waals surface area contributed by atoms with Gasteiger partial charge in [-0.1, -0.05) is 36.4 Å². The second-order valence-corrected chi connectivity index (χ2v) is 7.57. The number of nitrogens with one attached hydrogen (secondary N) is 1. The predicted molar refractivity (Wildman–Crippen MR) is 126 cm³/mol. The molecule has 0 saturated carbocycles. The minimum absolute atomic E-state index is 0.344. The first kappa shape index (κ1) is 21.4. The number of halogens is 1. The molecule has 0 bridgehead atoms. The molecular formula is C27H24FNO3. The van der Waals surface area contributed by atoms with E-state index in [1.807, 2.05) is 56.3 Å². The van der Waals surface area contributed by atoms with E-state index in [1.54, 1.807) is 25.3 Å². The van der Waals surface area contributed by atoms with Crippen LogP contribution in [0.1, 0.15) is 25.0 Å². The highest BCUT2D eigenvalue weighted by molar-refractivity contribution is 6.05. The van der Waals surface area contributed by atoms with Crippen molar-refractivity contribution in [1.29, 1.82) is 0 Å². The Morgan fingerprint density at radius 3 is 2.62 bits per heavy atom. The van der Waals surface area contributed by atoms with Gasteiger partial charge >= 0.3 is 0 Å². The third kappa shape index (κ3) is 4.42. The second kappa shape index (κ2) is 9.10. The van der Waals surface area contributed by atoms with Crippen molar-refractivity contribution in [2.24, 2.45) is 0 Å². The number of rotatable bonds is 6. The minimum atomic E-state index is -0.360. The fourth-order valence-corrected chi connectivity index (χ4v) is 3.60. The molecule has 1 aromatic heterocycles. The molecular weight excluding hydrogens is 405 g/mol. The largest absolute Gasteiger partial charge is 0.493 e. The highest BCUT2D eigenvalue weighted by atomic mass is 19.1. The van der Waals surface area contributed by atoms with E-state index < -0.39 is 0 Å². The second-order valence-electron chi connectivity index (χ2n) is 7.57. The number of hydrogen-bond acceptors (Lipinski definition) is 3. The molecule has 0 aliphatic heterocycles. The normalized spacial score (nSPS) is 11.6. The van der Waals surface area contributed by atoms with Gasteiger partial charge in [0.2, 0.25) is 5.91 Å². The number of allylic oxidation sites excluding steroid dienone is 1. The van der Waals surface area contributed by atoms with Gasteiger partial charge in [-0.25, -0.2) is 4.39 Å². The topological polar surface area (TPSA) is 51.5 Å². The molecule has 0 spiro atoms. The number of anilines is 1. The summed E-state index contributed by atoms with van der Waals surface area (Å²) in [6.45, 7) is 5.91. The van der Waals surface area contributed by atoms with Gasteiger partial charge in [0.25, 0.3) is 0 Å². The van der Waals surface area contributed by atoms with Crippen LogP contribution >= 0.6 is 0 Å². The van der Waals surface area contributed by atoms with Gasteiger partial charge in [0.15, 0.2) is 0 Å². The molecule has 4 rings (SSSR count). The Hall–Kier alpha value is -3.86. The van der Waals surface area contributed by atoms with Crippen LogP contribution in [0.2, 0.25) is 0 Å². The van der Waals surface area contributed by atoms with Crippen LogP contribution < -0.4 is 10.1 Å². The molecule has 1 amide bonds. The van der Waals surface area contributed by atoms with E-state index in [4.69, 9.17) is 9.15 Å². The molecule has 0 atom stereocenters. The molecule has 0 aliphatic rings. The van der Waals surface area contributed by atoms with Crippen molar-refractivity contribution in [3.63, 3.8) is 0 Å². The third-order valence-corrected chi connectivity index (χ3v) is 5.27. The Labute approximate surface area is 186 Å². The van der Waals surface area contributed by atoms with Crippen molar-refractivity contribution >= 4 is 28.1 Å². The molecule has 5 heteroatoms. The van der Waals surface area contributed by atoms with Crippen LogP contribution in [-0.4, -0.2) is 12.5 Å². The van der Waals surface area contributed by atoms with Crippen LogP contribution in [0.4, 0.5) is 10.1 Å². The van der Waals surface area contributed by atoms with Crippen molar-refractivity contribution in [2.75, 3.05) is 11.9 Å². The smallest absolute Gasteiger partial charge is 0.248 e. The van der Waals surface area contributed by atoms with Gasteiger partial charge < -0.3 is 14.5 Å². The lowest BCUT2D eigenvalue weighted by atomic mass is 9.99. The molecule has 4 nitrogen and oxygen atoms in total. The maximum atomic E-state index is 13.8. The van der Waals surface area contributed by atoms with Gasteiger partial charge in [0.05, 0.1) is 12.9 Å². The molecule has 0 fully saturated rings. The molecule has 162 valence electrons. The lowest BCUT2D eigenvalue weighted by molar-refractivity contribution is -0.111. The average molecular weight is 429 g/mol. The summed E-state index contributed by atoms with van der Waals surface area (Å²) >= 11 is 0. The highest BCUT2D eigenvalue weighted by Gasteiger charge is 2.15. The Morgan fingerprint density at radius 1 is 1.12 bits per heavy atom. The number of hydrogen-bond donors (Lipinski definition) is 1. The molecule has 0 aliphatic carbocycles. The summed E-state index contributed by atoms with van der Waals surface area (Å²) in [6.07, 6.45) is 3.22. The number of amides is 1. The van der Waals surface area contributed by atoms with Crippen molar-refractivity contribution in [1.82, 2.24) is 0 Å².